The number of nitrogens with one attached hydrogen (secondary N) is 1. The summed E-state index contributed by atoms with van der Waals surface area (Å²) in [5.41, 5.74) is 1.89. The largest absolute Gasteiger partial charge is 0.368 e. The second kappa shape index (κ2) is 4.43. The molecule has 0 radical (unpaired) electrons. The molecule has 90 valence electrons. The minimum Gasteiger partial charge on any atom is -0.368 e. The summed E-state index contributed by atoms with van der Waals surface area (Å²) in [6.07, 6.45) is 1.85. The van der Waals surface area contributed by atoms with Gasteiger partial charge >= 0.3 is 0 Å². The zero-order chi connectivity index (χ0) is 11.7. The summed E-state index contributed by atoms with van der Waals surface area (Å²) >= 11 is 0. The minimum atomic E-state index is 0.0397. The Morgan fingerprint density at radius 1 is 1.59 bits per heavy atom. The van der Waals surface area contributed by atoms with E-state index in [9.17, 15) is 0 Å². The molecular weight excluding hydrogens is 216 g/mol. The van der Waals surface area contributed by atoms with Crippen LogP contribution in [0.25, 0.3) is 11.2 Å². The Morgan fingerprint density at radius 2 is 2.53 bits per heavy atom. The molecule has 1 aliphatic heterocycles. The first-order valence-electron chi connectivity index (χ1n) is 6.03. The zero-order valence-electron chi connectivity index (χ0n) is 9.89. The van der Waals surface area contributed by atoms with Crippen LogP contribution in [0.2, 0.25) is 0 Å². The monoisotopic (exact) mass is 232 g/mol. The van der Waals surface area contributed by atoms with Crippen molar-refractivity contribution in [2.45, 2.75) is 19.6 Å². The molecular formula is C12H16N4O. The second-order valence-electron chi connectivity index (χ2n) is 4.12. The molecule has 3 rings (SSSR count). The fourth-order valence-corrected chi connectivity index (χ4v) is 2.26. The number of hydrogen-bond donors (Lipinski definition) is 1. The summed E-state index contributed by atoms with van der Waals surface area (Å²) in [7, 11) is 0. The topological polar surface area (TPSA) is 52.0 Å². The molecule has 3 heterocycles. The number of ether oxygens (including phenoxy) is 1. The van der Waals surface area contributed by atoms with Crippen LogP contribution >= 0.6 is 0 Å². The molecule has 2 aromatic rings. The van der Waals surface area contributed by atoms with Crippen LogP contribution in [0.15, 0.2) is 18.3 Å². The van der Waals surface area contributed by atoms with Gasteiger partial charge in [0.2, 0.25) is 0 Å². The molecule has 1 saturated heterocycles. The number of pyridine rings is 1. The first-order valence-corrected chi connectivity index (χ1v) is 6.03. The number of nitrogens with zero attached hydrogens (tertiary/aromatic N) is 3. The van der Waals surface area contributed by atoms with E-state index in [1.807, 2.05) is 12.1 Å². The van der Waals surface area contributed by atoms with E-state index in [1.165, 1.54) is 0 Å². The summed E-state index contributed by atoms with van der Waals surface area (Å²) in [5, 5.41) is 3.33. The van der Waals surface area contributed by atoms with Gasteiger partial charge in [0, 0.05) is 25.8 Å². The Hall–Kier alpha value is -1.46. The van der Waals surface area contributed by atoms with Crippen LogP contribution in [-0.2, 0) is 11.3 Å². The molecule has 0 aromatic carbocycles. The first-order chi connectivity index (χ1) is 8.40. The Balaban J connectivity index is 2.08. The maximum atomic E-state index is 5.76. The zero-order valence-corrected chi connectivity index (χ0v) is 9.89. The average Bonchev–Trinajstić information content (AvgIpc) is 2.78. The van der Waals surface area contributed by atoms with Gasteiger partial charge in [0.05, 0.1) is 6.61 Å². The van der Waals surface area contributed by atoms with Gasteiger partial charge < -0.3 is 14.6 Å². The highest BCUT2D eigenvalue weighted by molar-refractivity contribution is 5.71. The number of hydrogen-bond acceptors (Lipinski definition) is 4. The maximum absolute atomic E-state index is 5.76. The normalized spacial score (nSPS) is 20.9. The van der Waals surface area contributed by atoms with Gasteiger partial charge in [0.15, 0.2) is 5.65 Å². The lowest BCUT2D eigenvalue weighted by molar-refractivity contribution is 0.0203. The van der Waals surface area contributed by atoms with Crippen molar-refractivity contribution in [3.63, 3.8) is 0 Å². The van der Waals surface area contributed by atoms with Gasteiger partial charge in [-0.3, -0.25) is 0 Å². The third-order valence-electron chi connectivity index (χ3n) is 3.07. The molecule has 5 nitrogen and oxygen atoms in total. The Bertz CT molecular complexity index is 516. The van der Waals surface area contributed by atoms with E-state index in [0.29, 0.717) is 0 Å². The van der Waals surface area contributed by atoms with E-state index in [4.69, 9.17) is 4.74 Å². The van der Waals surface area contributed by atoms with Crippen molar-refractivity contribution >= 4 is 11.2 Å². The van der Waals surface area contributed by atoms with Gasteiger partial charge in [-0.2, -0.15) is 0 Å². The highest BCUT2D eigenvalue weighted by Crippen LogP contribution is 2.22. The van der Waals surface area contributed by atoms with Crippen molar-refractivity contribution in [3.8, 4) is 0 Å². The molecule has 1 aliphatic rings. The molecule has 0 bridgehead atoms. The van der Waals surface area contributed by atoms with E-state index < -0.39 is 0 Å². The molecule has 1 N–H and O–H groups in total. The van der Waals surface area contributed by atoms with E-state index in [2.05, 4.69) is 26.8 Å². The van der Waals surface area contributed by atoms with Gasteiger partial charge in [0.25, 0.3) is 0 Å². The summed E-state index contributed by atoms with van der Waals surface area (Å²) in [5.74, 6) is 0.980. The predicted octanol–water partition coefficient (Wildman–Crippen LogP) is 1.11. The molecule has 0 spiro atoms. The summed E-state index contributed by atoms with van der Waals surface area (Å²) in [6.45, 7) is 5.45. The van der Waals surface area contributed by atoms with Gasteiger partial charge in [-0.1, -0.05) is 0 Å². The molecule has 1 atom stereocenters. The summed E-state index contributed by atoms with van der Waals surface area (Å²) < 4.78 is 7.89. The number of fused-ring (bicyclic) bond motifs is 1. The lowest BCUT2D eigenvalue weighted by Crippen LogP contribution is -2.34. The minimum absolute atomic E-state index is 0.0397. The van der Waals surface area contributed by atoms with Crippen LogP contribution in [0, 0.1) is 0 Å². The fourth-order valence-electron chi connectivity index (χ4n) is 2.26. The van der Waals surface area contributed by atoms with Crippen LogP contribution in [0.3, 0.4) is 0 Å². The van der Waals surface area contributed by atoms with Crippen molar-refractivity contribution in [3.05, 3.63) is 24.2 Å². The third-order valence-corrected chi connectivity index (χ3v) is 3.07. The summed E-state index contributed by atoms with van der Waals surface area (Å²) in [4.78, 5) is 9.03. The quantitative estimate of drug-likeness (QED) is 0.842. The number of morpholine rings is 1. The number of rotatable bonds is 2. The standard InChI is InChI=1S/C12H16N4O/c1-2-16-11-9(4-3-5-14-11)15-12(16)10-8-13-6-7-17-10/h3-5,10,13H,2,6-8H2,1H3. The molecule has 2 aromatic heterocycles. The highest BCUT2D eigenvalue weighted by atomic mass is 16.5. The number of aromatic nitrogens is 3. The van der Waals surface area contributed by atoms with Crippen molar-refractivity contribution in [2.24, 2.45) is 0 Å². The number of aryl methyl sites for hydroxylation is 1. The van der Waals surface area contributed by atoms with Gasteiger partial charge in [0.1, 0.15) is 17.4 Å². The van der Waals surface area contributed by atoms with Crippen molar-refractivity contribution in [1.29, 1.82) is 0 Å². The van der Waals surface area contributed by atoms with Crippen LogP contribution < -0.4 is 5.32 Å². The lowest BCUT2D eigenvalue weighted by atomic mass is 10.3. The maximum Gasteiger partial charge on any atom is 0.160 e. The third kappa shape index (κ3) is 1.81. The van der Waals surface area contributed by atoms with Crippen LogP contribution in [0.4, 0.5) is 0 Å². The molecule has 5 heteroatoms. The van der Waals surface area contributed by atoms with Crippen LogP contribution in [-0.4, -0.2) is 34.2 Å². The molecule has 0 aliphatic carbocycles. The fraction of sp³-hybridized carbons (Fsp3) is 0.500. The van der Waals surface area contributed by atoms with Gasteiger partial charge in [-0.05, 0) is 19.1 Å². The van der Waals surface area contributed by atoms with Crippen molar-refractivity contribution in [2.75, 3.05) is 19.7 Å². The Kier molecular flexibility index (Phi) is 2.78. The van der Waals surface area contributed by atoms with Crippen molar-refractivity contribution in [1.82, 2.24) is 19.9 Å². The molecule has 1 fully saturated rings. The highest BCUT2D eigenvalue weighted by Gasteiger charge is 2.22. The van der Waals surface area contributed by atoms with E-state index >= 15 is 0 Å². The average molecular weight is 232 g/mol. The van der Waals surface area contributed by atoms with E-state index in [1.54, 1.807) is 6.20 Å². The SMILES string of the molecule is CCn1c(C2CNCCO2)nc2cccnc21. The molecule has 0 amide bonds. The van der Waals surface area contributed by atoms with Gasteiger partial charge in [-0.25, -0.2) is 9.97 Å². The first kappa shape index (κ1) is 10.7. The molecule has 17 heavy (non-hydrogen) atoms. The Labute approximate surface area is 99.8 Å². The van der Waals surface area contributed by atoms with E-state index in [-0.39, 0.29) is 6.10 Å². The lowest BCUT2D eigenvalue weighted by Gasteiger charge is -2.23. The predicted molar refractivity (Wildman–Crippen MR) is 64.8 cm³/mol. The van der Waals surface area contributed by atoms with Crippen LogP contribution in [0.1, 0.15) is 18.9 Å². The molecule has 1 unspecified atom stereocenters. The Morgan fingerprint density at radius 3 is 3.29 bits per heavy atom. The second-order valence-corrected chi connectivity index (χ2v) is 4.12. The molecule has 0 saturated carbocycles. The summed E-state index contributed by atoms with van der Waals surface area (Å²) in [6, 6.07) is 3.91. The number of imidazole rings is 1. The van der Waals surface area contributed by atoms with E-state index in [0.717, 1.165) is 43.2 Å². The van der Waals surface area contributed by atoms with Gasteiger partial charge in [-0.15, -0.1) is 0 Å². The van der Waals surface area contributed by atoms with Crippen molar-refractivity contribution < 1.29 is 4.74 Å². The van der Waals surface area contributed by atoms with Crippen LogP contribution in [0.5, 0.6) is 0 Å². The smallest absolute Gasteiger partial charge is 0.160 e.